The summed E-state index contributed by atoms with van der Waals surface area (Å²) < 4.78 is 26.6. The van der Waals surface area contributed by atoms with Crippen LogP contribution in [0.3, 0.4) is 0 Å². The normalized spacial score (nSPS) is 17.5. The van der Waals surface area contributed by atoms with Gasteiger partial charge in [0.15, 0.2) is 0 Å². The van der Waals surface area contributed by atoms with E-state index in [1.54, 1.807) is 30.3 Å². The van der Waals surface area contributed by atoms with Crippen molar-refractivity contribution in [2.75, 3.05) is 6.54 Å². The molecule has 1 aliphatic carbocycles. The Morgan fingerprint density at radius 1 is 1.08 bits per heavy atom. The molecule has 1 aliphatic heterocycles. The summed E-state index contributed by atoms with van der Waals surface area (Å²) in [7, 11) is -3.95. The van der Waals surface area contributed by atoms with Crippen LogP contribution >= 0.6 is 23.2 Å². The van der Waals surface area contributed by atoms with Crippen LogP contribution in [0.2, 0.25) is 10.0 Å². The predicted molar refractivity (Wildman–Crippen MR) is 150 cm³/mol. The van der Waals surface area contributed by atoms with Crippen LogP contribution in [0.25, 0.3) is 0 Å². The monoisotopic (exact) mass is 593 g/mol. The van der Waals surface area contributed by atoms with Crippen LogP contribution in [-0.4, -0.2) is 54.0 Å². The van der Waals surface area contributed by atoms with Gasteiger partial charge in [0.2, 0.25) is 11.8 Å². The van der Waals surface area contributed by atoms with E-state index in [1.807, 2.05) is 6.92 Å². The van der Waals surface area contributed by atoms with Gasteiger partial charge in [0.1, 0.15) is 10.9 Å². The Hall–Kier alpha value is -2.62. The zero-order valence-corrected chi connectivity index (χ0v) is 24.2. The van der Waals surface area contributed by atoms with Crippen LogP contribution in [0.1, 0.15) is 74.2 Å². The fraction of sp³-hybridized carbons (Fsp3) is 0.464. The number of hydrogen-bond donors (Lipinski definition) is 1. The van der Waals surface area contributed by atoms with Crippen LogP contribution in [-0.2, 0) is 26.2 Å². The number of carbonyl (C=O) groups is 3. The van der Waals surface area contributed by atoms with Gasteiger partial charge >= 0.3 is 0 Å². The van der Waals surface area contributed by atoms with E-state index < -0.39 is 22.0 Å². The Kier molecular flexibility index (Phi) is 9.56. The molecule has 2 aromatic carbocycles. The van der Waals surface area contributed by atoms with E-state index in [2.05, 4.69) is 5.32 Å². The number of benzene rings is 2. The first kappa shape index (κ1) is 29.4. The van der Waals surface area contributed by atoms with Crippen molar-refractivity contribution in [2.45, 2.75) is 81.8 Å². The summed E-state index contributed by atoms with van der Waals surface area (Å²) in [5.41, 5.74) is 0.852. The lowest BCUT2D eigenvalue weighted by atomic mass is 9.95. The molecule has 4 rings (SSSR count). The van der Waals surface area contributed by atoms with Crippen molar-refractivity contribution in [3.8, 4) is 0 Å². The molecule has 0 saturated heterocycles. The number of carbonyl (C=O) groups excluding carboxylic acids is 3. The average Bonchev–Trinajstić information content (AvgIpc) is 3.11. The SMILES string of the molecule is CC[C@@H](C(=O)NC1CCCCC1)N(Cc1ccc(Cl)c(Cl)c1)C(=O)CCCN1C(=O)c2ccccc2S1(=O)=O. The summed E-state index contributed by atoms with van der Waals surface area (Å²) in [6.45, 7) is 1.86. The third-order valence-electron chi connectivity index (χ3n) is 7.34. The van der Waals surface area contributed by atoms with Gasteiger partial charge in [-0.2, -0.15) is 0 Å². The summed E-state index contributed by atoms with van der Waals surface area (Å²) in [5, 5.41) is 3.86. The molecule has 2 aliphatic rings. The van der Waals surface area contributed by atoms with Crippen molar-refractivity contribution < 1.29 is 22.8 Å². The number of rotatable bonds is 10. The van der Waals surface area contributed by atoms with E-state index in [9.17, 15) is 22.8 Å². The minimum Gasteiger partial charge on any atom is -0.352 e. The first-order valence-corrected chi connectivity index (χ1v) is 15.5. The second-order valence-electron chi connectivity index (χ2n) is 10.0. The average molecular weight is 595 g/mol. The lowest BCUT2D eigenvalue weighted by Crippen LogP contribution is -2.51. The third-order valence-corrected chi connectivity index (χ3v) is 9.92. The molecule has 210 valence electrons. The summed E-state index contributed by atoms with van der Waals surface area (Å²) in [4.78, 5) is 41.1. The van der Waals surface area contributed by atoms with Crippen LogP contribution in [0.4, 0.5) is 0 Å². The van der Waals surface area contributed by atoms with Gasteiger partial charge in [-0.1, -0.05) is 67.6 Å². The minimum absolute atomic E-state index is 0.0204. The third kappa shape index (κ3) is 6.58. The molecule has 1 N–H and O–H groups in total. The Balaban J connectivity index is 1.48. The van der Waals surface area contributed by atoms with Gasteiger partial charge in [-0.05, 0) is 55.5 Å². The summed E-state index contributed by atoms with van der Waals surface area (Å²) in [5.74, 6) is -1.11. The highest BCUT2D eigenvalue weighted by Crippen LogP contribution is 2.30. The molecule has 3 amide bonds. The Labute approximate surface area is 239 Å². The van der Waals surface area contributed by atoms with Crippen LogP contribution in [0.15, 0.2) is 47.4 Å². The summed E-state index contributed by atoms with van der Waals surface area (Å²) >= 11 is 12.3. The van der Waals surface area contributed by atoms with E-state index in [0.29, 0.717) is 16.5 Å². The fourth-order valence-corrected chi connectivity index (χ4v) is 7.20. The summed E-state index contributed by atoms with van der Waals surface area (Å²) in [6, 6.07) is 10.5. The van der Waals surface area contributed by atoms with Crippen molar-refractivity contribution in [1.82, 2.24) is 14.5 Å². The second kappa shape index (κ2) is 12.7. The maximum atomic E-state index is 13.6. The van der Waals surface area contributed by atoms with Gasteiger partial charge in [-0.3, -0.25) is 14.4 Å². The lowest BCUT2D eigenvalue weighted by Gasteiger charge is -2.33. The number of amides is 3. The van der Waals surface area contributed by atoms with E-state index >= 15 is 0 Å². The lowest BCUT2D eigenvalue weighted by molar-refractivity contribution is -0.141. The van der Waals surface area contributed by atoms with Gasteiger partial charge in [0.05, 0.1) is 15.6 Å². The van der Waals surface area contributed by atoms with Crippen LogP contribution in [0, 0.1) is 0 Å². The van der Waals surface area contributed by atoms with E-state index in [0.717, 1.165) is 42.0 Å². The highest BCUT2D eigenvalue weighted by molar-refractivity contribution is 7.90. The number of fused-ring (bicyclic) bond motifs is 1. The molecule has 11 heteroatoms. The van der Waals surface area contributed by atoms with Gasteiger partial charge in [-0.25, -0.2) is 12.7 Å². The molecule has 0 radical (unpaired) electrons. The first-order valence-electron chi connectivity index (χ1n) is 13.3. The second-order valence-corrected chi connectivity index (χ2v) is 12.7. The Morgan fingerprint density at radius 3 is 2.46 bits per heavy atom. The molecule has 2 aromatic rings. The van der Waals surface area contributed by atoms with Gasteiger partial charge in [-0.15, -0.1) is 0 Å². The molecule has 1 atom stereocenters. The van der Waals surface area contributed by atoms with Crippen LogP contribution < -0.4 is 5.32 Å². The molecule has 8 nitrogen and oxygen atoms in total. The largest absolute Gasteiger partial charge is 0.352 e. The number of nitrogens with zero attached hydrogens (tertiary/aromatic N) is 2. The van der Waals surface area contributed by atoms with E-state index in [1.165, 1.54) is 17.0 Å². The van der Waals surface area contributed by atoms with E-state index in [-0.39, 0.29) is 54.2 Å². The quantitative estimate of drug-likeness (QED) is 0.409. The molecule has 1 fully saturated rings. The van der Waals surface area contributed by atoms with Crippen molar-refractivity contribution in [3.63, 3.8) is 0 Å². The molecular formula is C28H33Cl2N3O5S. The zero-order chi connectivity index (χ0) is 28.2. The van der Waals surface area contributed by atoms with Gasteiger partial charge in [0, 0.05) is 25.6 Å². The fourth-order valence-electron chi connectivity index (χ4n) is 5.27. The topological polar surface area (TPSA) is 104 Å². The number of nitrogens with one attached hydrogen (secondary N) is 1. The molecule has 39 heavy (non-hydrogen) atoms. The standard InChI is InChI=1S/C28H33Cl2N3O5S/c1-2-24(27(35)31-20-9-4-3-5-10-20)32(18-19-14-15-22(29)23(30)17-19)26(34)13-8-16-33-28(36)21-11-6-7-12-25(21)39(33,37)38/h6-7,11-12,14-15,17,20,24H,2-5,8-10,13,16,18H2,1H3,(H,31,35)/t24-/m0/s1. The predicted octanol–water partition coefficient (Wildman–Crippen LogP) is 5.17. The maximum absolute atomic E-state index is 13.6. The maximum Gasteiger partial charge on any atom is 0.269 e. The molecule has 0 bridgehead atoms. The van der Waals surface area contributed by atoms with Crippen molar-refractivity contribution in [3.05, 3.63) is 63.6 Å². The molecule has 0 aromatic heterocycles. The van der Waals surface area contributed by atoms with Crippen molar-refractivity contribution >= 4 is 50.9 Å². The highest BCUT2D eigenvalue weighted by atomic mass is 35.5. The van der Waals surface area contributed by atoms with Crippen LogP contribution in [0.5, 0.6) is 0 Å². The van der Waals surface area contributed by atoms with E-state index in [4.69, 9.17) is 23.2 Å². The molecular weight excluding hydrogens is 561 g/mol. The van der Waals surface area contributed by atoms with Crippen molar-refractivity contribution in [2.24, 2.45) is 0 Å². The molecule has 0 spiro atoms. The smallest absolute Gasteiger partial charge is 0.269 e. The number of halogens is 2. The van der Waals surface area contributed by atoms with Gasteiger partial charge < -0.3 is 10.2 Å². The zero-order valence-electron chi connectivity index (χ0n) is 21.9. The molecule has 1 heterocycles. The highest BCUT2D eigenvalue weighted by Gasteiger charge is 2.40. The molecule has 1 saturated carbocycles. The minimum atomic E-state index is -3.95. The number of sulfonamides is 1. The molecule has 0 unspecified atom stereocenters. The van der Waals surface area contributed by atoms with Crippen molar-refractivity contribution in [1.29, 1.82) is 0 Å². The Morgan fingerprint density at radius 2 is 1.79 bits per heavy atom. The number of hydrogen-bond acceptors (Lipinski definition) is 5. The van der Waals surface area contributed by atoms with Gasteiger partial charge in [0.25, 0.3) is 15.9 Å². The summed E-state index contributed by atoms with van der Waals surface area (Å²) in [6.07, 6.45) is 5.62. The first-order chi connectivity index (χ1) is 18.6. The Bertz CT molecular complexity index is 1340.